The molecule has 0 spiro atoms. The second-order valence-corrected chi connectivity index (χ2v) is 2.30. The minimum absolute atomic E-state index is 0.122. The van der Waals surface area contributed by atoms with Crippen molar-refractivity contribution >= 4 is 23.1 Å². The summed E-state index contributed by atoms with van der Waals surface area (Å²) in [6, 6.07) is 2.21. The molecule has 0 aliphatic carbocycles. The first-order valence-electron chi connectivity index (χ1n) is 3.30. The van der Waals surface area contributed by atoms with Crippen LogP contribution in [0.1, 0.15) is 0 Å². The SMILES string of the molecule is COc1c(N=C=S)ccc(F)c1F. The molecule has 1 rings (SSSR count). The Morgan fingerprint density at radius 3 is 2.69 bits per heavy atom. The summed E-state index contributed by atoms with van der Waals surface area (Å²) >= 11 is 4.33. The van der Waals surface area contributed by atoms with Gasteiger partial charge in [-0.1, -0.05) is 0 Å². The van der Waals surface area contributed by atoms with Crippen LogP contribution in [0.5, 0.6) is 5.75 Å². The number of ether oxygens (including phenoxy) is 1. The number of halogens is 2. The van der Waals surface area contributed by atoms with Crippen molar-refractivity contribution in [1.82, 2.24) is 0 Å². The number of benzene rings is 1. The van der Waals surface area contributed by atoms with Gasteiger partial charge in [0.2, 0.25) is 5.82 Å². The third-order valence-electron chi connectivity index (χ3n) is 1.40. The molecule has 0 radical (unpaired) electrons. The van der Waals surface area contributed by atoms with E-state index in [-0.39, 0.29) is 11.4 Å². The van der Waals surface area contributed by atoms with Crippen molar-refractivity contribution in [2.24, 2.45) is 4.99 Å². The number of aliphatic imine (C=N–C) groups is 1. The fourth-order valence-corrected chi connectivity index (χ4v) is 0.952. The molecular formula is C8H5F2NOS. The predicted molar refractivity (Wildman–Crippen MR) is 47.6 cm³/mol. The van der Waals surface area contributed by atoms with Crippen LogP contribution in [0.4, 0.5) is 14.5 Å². The summed E-state index contributed by atoms with van der Waals surface area (Å²) in [5.74, 6) is -2.33. The maximum atomic E-state index is 13.0. The Balaban J connectivity index is 3.37. The average molecular weight is 201 g/mol. The van der Waals surface area contributed by atoms with Crippen LogP contribution in [0, 0.1) is 11.6 Å². The summed E-state index contributed by atoms with van der Waals surface area (Å²) in [5.41, 5.74) is 0.122. The molecule has 0 atom stereocenters. The van der Waals surface area contributed by atoms with Crippen molar-refractivity contribution in [3.63, 3.8) is 0 Å². The highest BCUT2D eigenvalue weighted by molar-refractivity contribution is 7.78. The zero-order chi connectivity index (χ0) is 9.84. The zero-order valence-electron chi connectivity index (χ0n) is 6.67. The molecule has 0 fully saturated rings. The maximum Gasteiger partial charge on any atom is 0.202 e. The lowest BCUT2D eigenvalue weighted by Gasteiger charge is -2.04. The summed E-state index contributed by atoms with van der Waals surface area (Å²) in [7, 11) is 1.22. The third kappa shape index (κ3) is 1.88. The van der Waals surface area contributed by atoms with Gasteiger partial charge in [0.1, 0.15) is 5.69 Å². The van der Waals surface area contributed by atoms with Gasteiger partial charge < -0.3 is 4.74 Å². The molecule has 0 heterocycles. The molecule has 0 aromatic heterocycles. The Hall–Kier alpha value is -1.32. The lowest BCUT2D eigenvalue weighted by atomic mass is 10.3. The molecule has 0 bridgehead atoms. The summed E-state index contributed by atoms with van der Waals surface area (Å²) in [6.45, 7) is 0. The molecule has 0 saturated carbocycles. The topological polar surface area (TPSA) is 21.6 Å². The van der Waals surface area contributed by atoms with Gasteiger partial charge in [-0.3, -0.25) is 0 Å². The van der Waals surface area contributed by atoms with Gasteiger partial charge in [0.25, 0.3) is 0 Å². The Morgan fingerprint density at radius 2 is 2.15 bits per heavy atom. The fraction of sp³-hybridized carbons (Fsp3) is 0.125. The summed E-state index contributed by atoms with van der Waals surface area (Å²) in [5, 5.41) is 2.04. The van der Waals surface area contributed by atoms with E-state index >= 15 is 0 Å². The van der Waals surface area contributed by atoms with E-state index in [1.165, 1.54) is 13.2 Å². The van der Waals surface area contributed by atoms with Gasteiger partial charge >= 0.3 is 0 Å². The van der Waals surface area contributed by atoms with Crippen molar-refractivity contribution < 1.29 is 13.5 Å². The Kier molecular flexibility index (Phi) is 3.06. The number of isothiocyanates is 1. The fourth-order valence-electron chi connectivity index (χ4n) is 0.853. The van der Waals surface area contributed by atoms with Crippen molar-refractivity contribution in [3.8, 4) is 5.75 Å². The number of thiocarbonyl (C=S) groups is 1. The largest absolute Gasteiger partial charge is 0.491 e. The monoisotopic (exact) mass is 201 g/mol. The van der Waals surface area contributed by atoms with Crippen molar-refractivity contribution in [2.75, 3.05) is 7.11 Å². The van der Waals surface area contributed by atoms with Crippen LogP contribution in [-0.2, 0) is 0 Å². The van der Waals surface area contributed by atoms with Crippen molar-refractivity contribution in [1.29, 1.82) is 0 Å². The summed E-state index contributed by atoms with van der Waals surface area (Å²) < 4.78 is 30.2. The van der Waals surface area contributed by atoms with Gasteiger partial charge in [0.15, 0.2) is 11.6 Å². The van der Waals surface area contributed by atoms with Crippen LogP contribution in [0.25, 0.3) is 0 Å². The summed E-state index contributed by atoms with van der Waals surface area (Å²) in [6.07, 6.45) is 0. The highest BCUT2D eigenvalue weighted by Gasteiger charge is 2.13. The van der Waals surface area contributed by atoms with E-state index in [0.29, 0.717) is 0 Å². The predicted octanol–water partition coefficient (Wildman–Crippen LogP) is 2.71. The van der Waals surface area contributed by atoms with Crippen LogP contribution in [0.2, 0.25) is 0 Å². The molecular weight excluding hydrogens is 196 g/mol. The van der Waals surface area contributed by atoms with Gasteiger partial charge in [-0.25, -0.2) is 4.39 Å². The number of rotatable bonds is 2. The maximum absolute atomic E-state index is 13.0. The van der Waals surface area contributed by atoms with E-state index in [4.69, 9.17) is 0 Å². The van der Waals surface area contributed by atoms with Crippen molar-refractivity contribution in [2.45, 2.75) is 0 Å². The molecule has 0 unspecified atom stereocenters. The highest BCUT2D eigenvalue weighted by Crippen LogP contribution is 2.31. The van der Waals surface area contributed by atoms with E-state index in [1.54, 1.807) is 0 Å². The molecule has 1 aromatic carbocycles. The van der Waals surface area contributed by atoms with E-state index in [0.717, 1.165) is 6.07 Å². The highest BCUT2D eigenvalue weighted by atomic mass is 32.1. The Morgan fingerprint density at radius 1 is 1.46 bits per heavy atom. The van der Waals surface area contributed by atoms with Crippen LogP contribution in [-0.4, -0.2) is 12.3 Å². The molecule has 0 aliphatic rings. The molecule has 68 valence electrons. The zero-order valence-corrected chi connectivity index (χ0v) is 7.49. The average Bonchev–Trinajstić information content (AvgIpc) is 2.12. The van der Waals surface area contributed by atoms with E-state index in [1.807, 2.05) is 5.16 Å². The summed E-state index contributed by atoms with van der Waals surface area (Å²) in [4.78, 5) is 3.51. The molecule has 5 heteroatoms. The van der Waals surface area contributed by atoms with E-state index in [2.05, 4.69) is 21.9 Å². The second kappa shape index (κ2) is 4.07. The van der Waals surface area contributed by atoms with E-state index in [9.17, 15) is 8.78 Å². The number of hydrogen-bond donors (Lipinski definition) is 0. The van der Waals surface area contributed by atoms with Gasteiger partial charge in [0.05, 0.1) is 12.3 Å². The van der Waals surface area contributed by atoms with Crippen molar-refractivity contribution in [3.05, 3.63) is 23.8 Å². The van der Waals surface area contributed by atoms with Gasteiger partial charge in [-0.05, 0) is 24.4 Å². The number of methoxy groups -OCH3 is 1. The lowest BCUT2D eigenvalue weighted by Crippen LogP contribution is -1.91. The smallest absolute Gasteiger partial charge is 0.202 e. The number of nitrogens with zero attached hydrogens (tertiary/aromatic N) is 1. The minimum Gasteiger partial charge on any atom is -0.491 e. The minimum atomic E-state index is -1.07. The quantitative estimate of drug-likeness (QED) is 0.542. The van der Waals surface area contributed by atoms with Crippen LogP contribution >= 0.6 is 12.2 Å². The first-order chi connectivity index (χ1) is 6.20. The molecule has 2 nitrogen and oxygen atoms in total. The standard InChI is InChI=1S/C8H5F2NOS/c1-12-8-6(11-4-13)3-2-5(9)7(8)10/h2-3H,1H3. The number of hydrogen-bond acceptors (Lipinski definition) is 3. The molecule has 0 amide bonds. The normalized spacial score (nSPS) is 9.15. The van der Waals surface area contributed by atoms with Gasteiger partial charge in [-0.15, -0.1) is 0 Å². The molecule has 13 heavy (non-hydrogen) atoms. The third-order valence-corrected chi connectivity index (χ3v) is 1.49. The van der Waals surface area contributed by atoms with Gasteiger partial charge in [0, 0.05) is 0 Å². The molecule has 0 aliphatic heterocycles. The van der Waals surface area contributed by atoms with Crippen LogP contribution in [0.3, 0.4) is 0 Å². The second-order valence-electron chi connectivity index (χ2n) is 2.12. The Bertz CT molecular complexity index is 375. The van der Waals surface area contributed by atoms with Gasteiger partial charge in [-0.2, -0.15) is 9.38 Å². The molecule has 0 saturated heterocycles. The molecule has 0 N–H and O–H groups in total. The molecule has 1 aromatic rings. The first-order valence-corrected chi connectivity index (χ1v) is 3.71. The Labute approximate surface area is 78.9 Å². The van der Waals surface area contributed by atoms with E-state index < -0.39 is 11.6 Å². The first kappa shape index (κ1) is 9.77. The van der Waals surface area contributed by atoms with Crippen LogP contribution < -0.4 is 4.74 Å². The lowest BCUT2D eigenvalue weighted by molar-refractivity contribution is 0.373. The van der Waals surface area contributed by atoms with Crippen LogP contribution in [0.15, 0.2) is 17.1 Å².